The molecule has 0 aromatic heterocycles. The Morgan fingerprint density at radius 1 is 1.26 bits per heavy atom. The lowest BCUT2D eigenvalue weighted by molar-refractivity contribution is 0.222. The van der Waals surface area contributed by atoms with E-state index in [9.17, 15) is 8.42 Å². The van der Waals surface area contributed by atoms with Crippen LogP contribution >= 0.6 is 0 Å². The largest absolute Gasteiger partial charge is 0.243 e. The summed E-state index contributed by atoms with van der Waals surface area (Å²) in [5.41, 5.74) is 0.374. The summed E-state index contributed by atoms with van der Waals surface area (Å²) in [5, 5.41) is 8.86. The van der Waals surface area contributed by atoms with Gasteiger partial charge in [0.25, 0.3) is 0 Å². The summed E-state index contributed by atoms with van der Waals surface area (Å²) in [7, 11) is -3.48. The first-order chi connectivity index (χ1) is 8.93. The fourth-order valence-electron chi connectivity index (χ4n) is 2.68. The number of benzene rings is 1. The van der Waals surface area contributed by atoms with E-state index < -0.39 is 10.0 Å². The van der Waals surface area contributed by atoms with Gasteiger partial charge in [0, 0.05) is 13.1 Å². The summed E-state index contributed by atoms with van der Waals surface area (Å²) in [5.74, 6) is 0.746. The lowest BCUT2D eigenvalue weighted by atomic mass is 9.94. The molecule has 0 bridgehead atoms. The van der Waals surface area contributed by atoms with Crippen molar-refractivity contribution in [1.29, 1.82) is 5.26 Å². The maximum Gasteiger partial charge on any atom is 0.243 e. The van der Waals surface area contributed by atoms with Gasteiger partial charge in [0.15, 0.2) is 0 Å². The molecule has 0 spiro atoms. The highest BCUT2D eigenvalue weighted by Crippen LogP contribution is 2.26. The van der Waals surface area contributed by atoms with E-state index in [1.54, 1.807) is 22.5 Å². The number of rotatable bonds is 2. The summed E-state index contributed by atoms with van der Waals surface area (Å²) in [6.07, 6.45) is 1.06. The molecule has 1 saturated heterocycles. The lowest BCUT2D eigenvalue weighted by Crippen LogP contribution is -2.42. The van der Waals surface area contributed by atoms with Gasteiger partial charge in [0.1, 0.15) is 0 Å². The highest BCUT2D eigenvalue weighted by Gasteiger charge is 2.31. The van der Waals surface area contributed by atoms with Crippen LogP contribution in [0.1, 0.15) is 25.8 Å². The van der Waals surface area contributed by atoms with Crippen molar-refractivity contribution in [2.75, 3.05) is 13.1 Å². The van der Waals surface area contributed by atoms with Gasteiger partial charge in [-0.25, -0.2) is 8.42 Å². The van der Waals surface area contributed by atoms with Gasteiger partial charge < -0.3 is 0 Å². The highest BCUT2D eigenvalue weighted by atomic mass is 32.2. The Kier molecular flexibility index (Phi) is 3.93. The molecule has 102 valence electrons. The molecule has 1 aliphatic rings. The Hall–Kier alpha value is -1.38. The first-order valence-electron chi connectivity index (χ1n) is 6.44. The van der Waals surface area contributed by atoms with Crippen LogP contribution in [0.5, 0.6) is 0 Å². The first-order valence-corrected chi connectivity index (χ1v) is 7.88. The molecule has 5 heteroatoms. The van der Waals surface area contributed by atoms with E-state index in [1.165, 1.54) is 6.07 Å². The van der Waals surface area contributed by atoms with Crippen LogP contribution < -0.4 is 0 Å². The summed E-state index contributed by atoms with van der Waals surface area (Å²) >= 11 is 0. The predicted molar refractivity (Wildman–Crippen MR) is 72.9 cm³/mol. The van der Waals surface area contributed by atoms with E-state index >= 15 is 0 Å². The molecule has 1 heterocycles. The summed E-state index contributed by atoms with van der Waals surface area (Å²) in [6, 6.07) is 8.20. The normalized spacial score (nSPS) is 24.9. The van der Waals surface area contributed by atoms with E-state index in [4.69, 9.17) is 5.26 Å². The second-order valence-electron chi connectivity index (χ2n) is 5.41. The van der Waals surface area contributed by atoms with E-state index in [2.05, 4.69) is 13.8 Å². The molecule has 0 radical (unpaired) electrons. The molecule has 0 amide bonds. The SMILES string of the molecule is CC1CC(C)CN(S(=O)(=O)c2cccc(C#N)c2)C1. The number of nitrogens with zero attached hydrogens (tertiary/aromatic N) is 2. The van der Waals surface area contributed by atoms with Gasteiger partial charge in [-0.05, 0) is 36.5 Å². The maximum absolute atomic E-state index is 12.6. The Balaban J connectivity index is 2.34. The Morgan fingerprint density at radius 2 is 1.89 bits per heavy atom. The van der Waals surface area contributed by atoms with Crippen molar-refractivity contribution in [3.63, 3.8) is 0 Å². The third-order valence-corrected chi connectivity index (χ3v) is 5.26. The van der Waals surface area contributed by atoms with Crippen molar-refractivity contribution in [2.45, 2.75) is 25.2 Å². The summed E-state index contributed by atoms with van der Waals surface area (Å²) in [4.78, 5) is 0.216. The average molecular weight is 278 g/mol. The smallest absolute Gasteiger partial charge is 0.207 e. The zero-order chi connectivity index (χ0) is 14.0. The number of nitriles is 1. The van der Waals surface area contributed by atoms with Crippen molar-refractivity contribution in [3.05, 3.63) is 29.8 Å². The van der Waals surface area contributed by atoms with Crippen molar-refractivity contribution < 1.29 is 8.42 Å². The molecule has 1 fully saturated rings. The number of piperidine rings is 1. The molecule has 1 aromatic rings. The Morgan fingerprint density at radius 3 is 2.47 bits per heavy atom. The fourth-order valence-corrected chi connectivity index (χ4v) is 4.40. The first kappa shape index (κ1) is 14.0. The minimum atomic E-state index is -3.48. The standard InChI is InChI=1S/C14H18N2O2S/c1-11-6-12(2)10-16(9-11)19(17,18)14-5-3-4-13(7-14)8-15/h3-5,7,11-12H,6,9-10H2,1-2H3. The van der Waals surface area contributed by atoms with Gasteiger partial charge in [-0.3, -0.25) is 0 Å². The van der Waals surface area contributed by atoms with E-state index in [0.717, 1.165) is 6.42 Å². The Labute approximate surface area is 114 Å². The van der Waals surface area contributed by atoms with Gasteiger partial charge in [-0.15, -0.1) is 0 Å². The third-order valence-electron chi connectivity index (χ3n) is 3.44. The quantitative estimate of drug-likeness (QED) is 0.833. The summed E-state index contributed by atoms with van der Waals surface area (Å²) < 4.78 is 26.7. The topological polar surface area (TPSA) is 61.2 Å². The van der Waals surface area contributed by atoms with E-state index in [0.29, 0.717) is 30.5 Å². The van der Waals surface area contributed by atoms with Crippen LogP contribution in [0.3, 0.4) is 0 Å². The fraction of sp³-hybridized carbons (Fsp3) is 0.500. The predicted octanol–water partition coefficient (Wildman–Crippen LogP) is 2.22. The molecular weight excluding hydrogens is 260 g/mol. The lowest BCUT2D eigenvalue weighted by Gasteiger charge is -2.34. The van der Waals surface area contributed by atoms with Crippen LogP contribution in [0.25, 0.3) is 0 Å². The highest BCUT2D eigenvalue weighted by molar-refractivity contribution is 7.89. The molecular formula is C14H18N2O2S. The second kappa shape index (κ2) is 5.32. The maximum atomic E-state index is 12.6. The van der Waals surface area contributed by atoms with Gasteiger partial charge in [0.05, 0.1) is 16.5 Å². The van der Waals surface area contributed by atoms with Crippen LogP contribution in [-0.2, 0) is 10.0 Å². The number of hydrogen-bond donors (Lipinski definition) is 0. The molecule has 4 nitrogen and oxygen atoms in total. The van der Waals surface area contributed by atoms with Crippen LogP contribution in [-0.4, -0.2) is 25.8 Å². The van der Waals surface area contributed by atoms with Crippen molar-refractivity contribution in [2.24, 2.45) is 11.8 Å². The molecule has 0 N–H and O–H groups in total. The van der Waals surface area contributed by atoms with Crippen LogP contribution in [0.2, 0.25) is 0 Å². The summed E-state index contributed by atoms with van der Waals surface area (Å²) in [6.45, 7) is 5.26. The number of hydrogen-bond acceptors (Lipinski definition) is 3. The number of sulfonamides is 1. The minimum absolute atomic E-state index is 0.216. The molecule has 2 atom stereocenters. The van der Waals surface area contributed by atoms with Crippen LogP contribution in [0.15, 0.2) is 29.2 Å². The molecule has 0 aliphatic carbocycles. The minimum Gasteiger partial charge on any atom is -0.207 e. The second-order valence-corrected chi connectivity index (χ2v) is 7.35. The molecule has 0 saturated carbocycles. The van der Waals surface area contributed by atoms with E-state index in [-0.39, 0.29) is 4.90 Å². The zero-order valence-corrected chi connectivity index (χ0v) is 12.0. The van der Waals surface area contributed by atoms with E-state index in [1.807, 2.05) is 6.07 Å². The molecule has 2 rings (SSSR count). The molecule has 2 unspecified atom stereocenters. The van der Waals surface area contributed by atoms with Gasteiger partial charge in [0.2, 0.25) is 10.0 Å². The zero-order valence-electron chi connectivity index (χ0n) is 11.2. The Bertz CT molecular complexity index is 594. The third kappa shape index (κ3) is 2.96. The monoisotopic (exact) mass is 278 g/mol. The van der Waals surface area contributed by atoms with Crippen molar-refractivity contribution in [1.82, 2.24) is 4.31 Å². The van der Waals surface area contributed by atoms with Gasteiger partial charge in [-0.1, -0.05) is 19.9 Å². The van der Waals surface area contributed by atoms with Crippen LogP contribution in [0, 0.1) is 23.2 Å². The van der Waals surface area contributed by atoms with Crippen LogP contribution in [0.4, 0.5) is 0 Å². The van der Waals surface area contributed by atoms with Crippen molar-refractivity contribution in [3.8, 4) is 6.07 Å². The average Bonchev–Trinajstić information content (AvgIpc) is 2.37. The molecule has 19 heavy (non-hydrogen) atoms. The molecule has 1 aromatic carbocycles. The molecule has 1 aliphatic heterocycles. The van der Waals surface area contributed by atoms with Crippen molar-refractivity contribution >= 4 is 10.0 Å². The van der Waals surface area contributed by atoms with Gasteiger partial charge >= 0.3 is 0 Å². The van der Waals surface area contributed by atoms with Gasteiger partial charge in [-0.2, -0.15) is 9.57 Å².